The van der Waals surface area contributed by atoms with Crippen LogP contribution in [0.25, 0.3) is 0 Å². The lowest BCUT2D eigenvalue weighted by Crippen LogP contribution is -2.68. The maximum Gasteiger partial charge on any atom is 0.339 e. The van der Waals surface area contributed by atoms with Crippen LogP contribution < -0.4 is 20.1 Å². The first kappa shape index (κ1) is 35.3. The lowest BCUT2D eigenvalue weighted by atomic mass is 10.0. The van der Waals surface area contributed by atoms with Crippen molar-refractivity contribution in [1.29, 1.82) is 0 Å². The molecule has 18 heteroatoms. The fraction of sp³-hybridized carbons (Fsp3) is 0.483. The summed E-state index contributed by atoms with van der Waals surface area (Å²) in [5.74, 6) is -3.49. The van der Waals surface area contributed by atoms with Crippen molar-refractivity contribution in [3.05, 3.63) is 46.8 Å². The second-order valence-corrected chi connectivity index (χ2v) is 13.6. The Morgan fingerprint density at radius 3 is 2.32 bits per heavy atom. The number of aromatic nitrogens is 1. The number of amides is 8. The smallest absolute Gasteiger partial charge is 0.339 e. The number of aryl methyl sites for hydroxylation is 1. The first-order valence-corrected chi connectivity index (χ1v) is 17.5. The van der Waals surface area contributed by atoms with Crippen LogP contribution >= 0.6 is 11.5 Å². The van der Waals surface area contributed by atoms with Gasteiger partial charge in [-0.3, -0.25) is 29.0 Å². The molecular formula is C29H38N8O8S2. The number of piperazine rings is 1. The SMILES string of the molecule is CCCCCCCCN1CCN(C(=O)NC(C(=O)N[C@H]2CN(C(=O)NS(=O)(=O)Nc3cc(C)sn3)C2=O)c2ccccc2)C(=O)C1=O. The van der Waals surface area contributed by atoms with E-state index in [0.29, 0.717) is 17.0 Å². The number of imide groups is 2. The molecule has 0 saturated carbocycles. The zero-order valence-electron chi connectivity index (χ0n) is 26.1. The number of benzene rings is 1. The average molecular weight is 691 g/mol. The van der Waals surface area contributed by atoms with Gasteiger partial charge in [-0.05, 0) is 36.5 Å². The fourth-order valence-corrected chi connectivity index (χ4v) is 6.37. The van der Waals surface area contributed by atoms with E-state index < -0.39 is 58.0 Å². The van der Waals surface area contributed by atoms with Crippen molar-refractivity contribution < 1.29 is 37.2 Å². The topological polar surface area (TPSA) is 207 Å². The standard InChI is InChI=1S/C29H38N8O8S2/c1-3-4-5-6-7-11-14-35-15-16-36(27(41)26(35)40)28(42)31-23(20-12-9-8-10-13-20)24(38)30-21-18-37(25(21)39)29(43)34-47(44,45)33-22-17-19(2)46-32-22/h8-10,12-13,17,21,23H,3-7,11,14-16,18H2,1-2H3,(H,30,38)(H,31,42)(H,32,33)(H,34,43)/t21-,23?/m0/s1. The number of carbonyl (C=O) groups excluding carboxylic acids is 6. The number of rotatable bonds is 14. The molecule has 0 bridgehead atoms. The van der Waals surface area contributed by atoms with E-state index in [0.717, 1.165) is 59.8 Å². The largest absolute Gasteiger partial charge is 0.341 e. The van der Waals surface area contributed by atoms with Crippen LogP contribution in [0, 0.1) is 6.92 Å². The fourth-order valence-electron chi connectivity index (χ4n) is 5.03. The third-order valence-corrected chi connectivity index (χ3v) is 9.19. The predicted octanol–water partition coefficient (Wildman–Crippen LogP) is 1.63. The van der Waals surface area contributed by atoms with Crippen LogP contribution in [0.3, 0.4) is 0 Å². The van der Waals surface area contributed by atoms with E-state index in [9.17, 15) is 37.2 Å². The van der Waals surface area contributed by atoms with Crippen LogP contribution in [0.4, 0.5) is 15.4 Å². The number of urea groups is 2. The highest BCUT2D eigenvalue weighted by Gasteiger charge is 2.44. The van der Waals surface area contributed by atoms with Gasteiger partial charge in [0.15, 0.2) is 5.82 Å². The molecule has 2 aliphatic heterocycles. The minimum absolute atomic E-state index is 0.00277. The molecule has 2 fully saturated rings. The van der Waals surface area contributed by atoms with E-state index in [2.05, 4.69) is 26.7 Å². The summed E-state index contributed by atoms with van der Waals surface area (Å²) in [6, 6.07) is 4.76. The van der Waals surface area contributed by atoms with E-state index in [1.54, 1.807) is 42.0 Å². The van der Waals surface area contributed by atoms with Crippen LogP contribution in [-0.2, 0) is 29.4 Å². The molecule has 3 heterocycles. The third kappa shape index (κ3) is 9.25. The van der Waals surface area contributed by atoms with Crippen molar-refractivity contribution in [2.45, 2.75) is 64.5 Å². The first-order valence-electron chi connectivity index (χ1n) is 15.3. The van der Waals surface area contributed by atoms with E-state index >= 15 is 0 Å². The second-order valence-electron chi connectivity index (χ2n) is 11.2. The molecule has 0 aliphatic carbocycles. The van der Waals surface area contributed by atoms with Crippen LogP contribution in [0.5, 0.6) is 0 Å². The molecule has 2 saturated heterocycles. The van der Waals surface area contributed by atoms with Gasteiger partial charge in [0.25, 0.3) is 5.91 Å². The molecule has 47 heavy (non-hydrogen) atoms. The third-order valence-electron chi connectivity index (χ3n) is 7.58. The summed E-state index contributed by atoms with van der Waals surface area (Å²) in [4.78, 5) is 80.8. The van der Waals surface area contributed by atoms with Crippen LogP contribution in [0.1, 0.15) is 61.9 Å². The molecule has 4 N–H and O–H groups in total. The zero-order chi connectivity index (χ0) is 34.1. The number of unbranched alkanes of at least 4 members (excludes halogenated alkanes) is 5. The normalized spacial score (nSPS) is 17.2. The number of nitrogens with one attached hydrogen (secondary N) is 4. The molecule has 1 unspecified atom stereocenters. The van der Waals surface area contributed by atoms with Gasteiger partial charge in [-0.25, -0.2) is 19.0 Å². The van der Waals surface area contributed by atoms with Gasteiger partial charge in [0.2, 0.25) is 5.91 Å². The summed E-state index contributed by atoms with van der Waals surface area (Å²) >= 11 is 1.05. The van der Waals surface area contributed by atoms with Crippen LogP contribution in [-0.4, -0.2) is 95.4 Å². The molecule has 1 aromatic carbocycles. The molecule has 2 atom stereocenters. The number of nitrogens with zero attached hydrogens (tertiary/aromatic N) is 4. The Morgan fingerprint density at radius 1 is 0.957 bits per heavy atom. The van der Waals surface area contributed by atoms with Crippen LogP contribution in [0.15, 0.2) is 36.4 Å². The monoisotopic (exact) mass is 690 g/mol. The maximum atomic E-state index is 13.3. The van der Waals surface area contributed by atoms with Gasteiger partial charge in [0.05, 0.1) is 6.54 Å². The van der Waals surface area contributed by atoms with E-state index in [-0.39, 0.29) is 25.5 Å². The van der Waals surface area contributed by atoms with Crippen molar-refractivity contribution in [3.63, 3.8) is 0 Å². The minimum Gasteiger partial charge on any atom is -0.341 e. The molecule has 4 rings (SSSR count). The Bertz CT molecular complexity index is 1600. The number of carbonyl (C=O) groups is 6. The highest BCUT2D eigenvalue weighted by atomic mass is 32.2. The molecule has 1 aromatic heterocycles. The van der Waals surface area contributed by atoms with E-state index in [1.165, 1.54) is 11.0 Å². The first-order chi connectivity index (χ1) is 22.4. The Morgan fingerprint density at radius 2 is 1.66 bits per heavy atom. The Balaban J connectivity index is 1.32. The van der Waals surface area contributed by atoms with Gasteiger partial charge in [-0.2, -0.15) is 12.8 Å². The highest BCUT2D eigenvalue weighted by Crippen LogP contribution is 2.19. The van der Waals surface area contributed by atoms with Crippen molar-refractivity contribution in [2.75, 3.05) is 30.9 Å². The molecule has 2 aromatic rings. The number of hydrogen-bond donors (Lipinski definition) is 4. The summed E-state index contributed by atoms with van der Waals surface area (Å²) in [5, 5.41) is 4.94. The minimum atomic E-state index is -4.39. The Kier molecular flexibility index (Phi) is 11.9. The average Bonchev–Trinajstić information content (AvgIpc) is 3.44. The molecule has 2 aliphatic rings. The number of anilines is 1. The van der Waals surface area contributed by atoms with Gasteiger partial charge >= 0.3 is 34.1 Å². The summed E-state index contributed by atoms with van der Waals surface area (Å²) in [6.45, 7) is 4.03. The zero-order valence-corrected chi connectivity index (χ0v) is 27.7. The lowest BCUT2D eigenvalue weighted by Gasteiger charge is -2.37. The Hall–Kier alpha value is -4.58. The number of hydrogen-bond acceptors (Lipinski definition) is 10. The van der Waals surface area contributed by atoms with Gasteiger partial charge in [0.1, 0.15) is 12.1 Å². The van der Waals surface area contributed by atoms with Crippen LogP contribution in [0.2, 0.25) is 0 Å². The predicted molar refractivity (Wildman–Crippen MR) is 171 cm³/mol. The van der Waals surface area contributed by atoms with Crippen molar-refractivity contribution in [2.24, 2.45) is 0 Å². The van der Waals surface area contributed by atoms with Gasteiger partial charge in [-0.15, -0.1) is 0 Å². The summed E-state index contributed by atoms with van der Waals surface area (Å²) in [7, 11) is -4.39. The summed E-state index contributed by atoms with van der Waals surface area (Å²) in [5.41, 5.74) is 0.328. The number of likely N-dealkylation sites (tertiary alicyclic amines) is 1. The summed E-state index contributed by atoms with van der Waals surface area (Å²) in [6.07, 6.45) is 6.13. The van der Waals surface area contributed by atoms with Crippen molar-refractivity contribution in [1.82, 2.24) is 34.4 Å². The molecule has 16 nitrogen and oxygen atoms in total. The summed E-state index contributed by atoms with van der Waals surface area (Å²) < 4.78 is 32.2. The molecule has 8 amide bonds. The maximum absolute atomic E-state index is 13.3. The van der Waals surface area contributed by atoms with Gasteiger partial charge < -0.3 is 15.5 Å². The van der Waals surface area contributed by atoms with E-state index in [1.807, 2.05) is 0 Å². The number of β-lactam (4-membered cyclic amide) rings is 1. The lowest BCUT2D eigenvalue weighted by molar-refractivity contribution is -0.153. The second kappa shape index (κ2) is 15.8. The van der Waals surface area contributed by atoms with Crippen molar-refractivity contribution in [3.8, 4) is 0 Å². The molecular weight excluding hydrogens is 653 g/mol. The highest BCUT2D eigenvalue weighted by molar-refractivity contribution is 7.91. The van der Waals surface area contributed by atoms with Gasteiger partial charge in [-0.1, -0.05) is 69.4 Å². The Labute approximate surface area is 276 Å². The molecule has 254 valence electrons. The van der Waals surface area contributed by atoms with Crippen molar-refractivity contribution >= 4 is 63.3 Å². The quantitative estimate of drug-likeness (QED) is 0.129. The van der Waals surface area contributed by atoms with Gasteiger partial charge in [0, 0.05) is 24.5 Å². The molecule has 0 spiro atoms. The van der Waals surface area contributed by atoms with E-state index in [4.69, 9.17) is 0 Å². The molecule has 0 radical (unpaired) electrons.